The lowest BCUT2D eigenvalue weighted by Gasteiger charge is -2.05. The monoisotopic (exact) mass is 293 g/mol. The standard InChI is InChI=1S/C17H12FN3O/c1-10-16(14-6-5-12(18)8-15(14)20-10)17(22)21-13-4-2-3-11(7-13)9-19/h2-8,20H,1H3,(H,21,22). The van der Waals surface area contributed by atoms with Crippen molar-refractivity contribution in [1.82, 2.24) is 4.98 Å². The minimum absolute atomic E-state index is 0.301. The molecule has 0 aliphatic carbocycles. The molecule has 0 spiro atoms. The number of nitrogens with one attached hydrogen (secondary N) is 2. The van der Waals surface area contributed by atoms with E-state index in [0.717, 1.165) is 0 Å². The number of fused-ring (bicyclic) bond motifs is 1. The van der Waals surface area contributed by atoms with Crippen LogP contribution in [0, 0.1) is 24.1 Å². The highest BCUT2D eigenvalue weighted by Crippen LogP contribution is 2.24. The molecular weight excluding hydrogens is 281 g/mol. The minimum Gasteiger partial charge on any atom is -0.358 e. The summed E-state index contributed by atoms with van der Waals surface area (Å²) in [4.78, 5) is 15.5. The number of anilines is 1. The number of hydrogen-bond donors (Lipinski definition) is 2. The number of rotatable bonds is 2. The molecule has 0 atom stereocenters. The van der Waals surface area contributed by atoms with Crippen LogP contribution in [0.4, 0.5) is 10.1 Å². The van der Waals surface area contributed by atoms with Crippen LogP contribution < -0.4 is 5.32 Å². The molecule has 0 bridgehead atoms. The van der Waals surface area contributed by atoms with E-state index in [1.807, 2.05) is 6.07 Å². The molecule has 0 saturated heterocycles. The molecular formula is C17H12FN3O. The van der Waals surface area contributed by atoms with Crippen LogP contribution in [-0.4, -0.2) is 10.9 Å². The molecule has 0 saturated carbocycles. The Morgan fingerprint density at radius 3 is 2.86 bits per heavy atom. The maximum Gasteiger partial charge on any atom is 0.258 e. The van der Waals surface area contributed by atoms with Gasteiger partial charge in [-0.15, -0.1) is 0 Å². The van der Waals surface area contributed by atoms with Crippen LogP contribution in [0.5, 0.6) is 0 Å². The summed E-state index contributed by atoms with van der Waals surface area (Å²) in [5.74, 6) is -0.659. The van der Waals surface area contributed by atoms with E-state index in [-0.39, 0.29) is 11.7 Å². The number of aromatic amines is 1. The Morgan fingerprint density at radius 2 is 2.09 bits per heavy atom. The molecule has 1 amide bonds. The number of nitriles is 1. The van der Waals surface area contributed by atoms with Gasteiger partial charge in [0.2, 0.25) is 0 Å². The normalized spacial score (nSPS) is 10.4. The summed E-state index contributed by atoms with van der Waals surface area (Å²) in [5, 5.41) is 12.3. The van der Waals surface area contributed by atoms with Gasteiger partial charge in [-0.05, 0) is 43.3 Å². The van der Waals surface area contributed by atoms with Crippen molar-refractivity contribution < 1.29 is 9.18 Å². The number of carbonyl (C=O) groups excluding carboxylic acids is 1. The van der Waals surface area contributed by atoms with Crippen molar-refractivity contribution in [2.24, 2.45) is 0 Å². The fourth-order valence-electron chi connectivity index (χ4n) is 2.46. The number of carbonyl (C=O) groups is 1. The highest BCUT2D eigenvalue weighted by atomic mass is 19.1. The van der Waals surface area contributed by atoms with E-state index in [0.29, 0.717) is 33.4 Å². The zero-order chi connectivity index (χ0) is 15.7. The van der Waals surface area contributed by atoms with Gasteiger partial charge in [-0.2, -0.15) is 5.26 Å². The molecule has 2 aromatic carbocycles. The second kappa shape index (κ2) is 5.34. The van der Waals surface area contributed by atoms with Crippen molar-refractivity contribution in [3.8, 4) is 6.07 Å². The van der Waals surface area contributed by atoms with Gasteiger partial charge in [-0.3, -0.25) is 4.79 Å². The first-order valence-electron chi connectivity index (χ1n) is 6.68. The van der Waals surface area contributed by atoms with E-state index >= 15 is 0 Å². The van der Waals surface area contributed by atoms with Crippen LogP contribution in [0.15, 0.2) is 42.5 Å². The van der Waals surface area contributed by atoms with Crippen molar-refractivity contribution in [3.05, 3.63) is 65.1 Å². The Hall–Kier alpha value is -3.13. The van der Waals surface area contributed by atoms with Crippen LogP contribution in [-0.2, 0) is 0 Å². The van der Waals surface area contributed by atoms with E-state index in [9.17, 15) is 9.18 Å². The molecule has 4 nitrogen and oxygen atoms in total. The van der Waals surface area contributed by atoms with Crippen LogP contribution in [0.3, 0.4) is 0 Å². The molecule has 5 heteroatoms. The minimum atomic E-state index is -0.359. The molecule has 0 aliphatic rings. The first-order chi connectivity index (χ1) is 10.6. The van der Waals surface area contributed by atoms with Gasteiger partial charge in [0, 0.05) is 22.3 Å². The highest BCUT2D eigenvalue weighted by molar-refractivity contribution is 6.13. The fraction of sp³-hybridized carbons (Fsp3) is 0.0588. The zero-order valence-electron chi connectivity index (χ0n) is 11.8. The lowest BCUT2D eigenvalue weighted by atomic mass is 10.1. The van der Waals surface area contributed by atoms with Crippen molar-refractivity contribution in [1.29, 1.82) is 5.26 Å². The second-order valence-corrected chi connectivity index (χ2v) is 4.96. The Kier molecular flexibility index (Phi) is 3.36. The van der Waals surface area contributed by atoms with Crippen molar-refractivity contribution in [2.75, 3.05) is 5.32 Å². The summed E-state index contributed by atoms with van der Waals surface area (Å²) in [7, 11) is 0. The first-order valence-corrected chi connectivity index (χ1v) is 6.68. The van der Waals surface area contributed by atoms with Crippen LogP contribution in [0.1, 0.15) is 21.6 Å². The summed E-state index contributed by atoms with van der Waals surface area (Å²) >= 11 is 0. The van der Waals surface area contributed by atoms with E-state index in [4.69, 9.17) is 5.26 Å². The maximum atomic E-state index is 13.3. The Bertz CT molecular complexity index is 921. The number of aromatic nitrogens is 1. The SMILES string of the molecule is Cc1[nH]c2cc(F)ccc2c1C(=O)Nc1cccc(C#N)c1. The average Bonchev–Trinajstić information content (AvgIpc) is 2.82. The molecule has 2 N–H and O–H groups in total. The molecule has 3 rings (SSSR count). The van der Waals surface area contributed by atoms with Gasteiger partial charge < -0.3 is 10.3 Å². The van der Waals surface area contributed by atoms with Crippen LogP contribution in [0.25, 0.3) is 10.9 Å². The van der Waals surface area contributed by atoms with Gasteiger partial charge >= 0.3 is 0 Å². The predicted molar refractivity (Wildman–Crippen MR) is 82.1 cm³/mol. The van der Waals surface area contributed by atoms with E-state index in [1.165, 1.54) is 12.1 Å². The Labute approximate surface area is 126 Å². The van der Waals surface area contributed by atoms with Gasteiger partial charge in [-0.1, -0.05) is 6.07 Å². The third kappa shape index (κ3) is 2.42. The number of aryl methyl sites for hydroxylation is 1. The highest BCUT2D eigenvalue weighted by Gasteiger charge is 2.16. The van der Waals surface area contributed by atoms with Gasteiger partial charge in [0.1, 0.15) is 5.82 Å². The largest absolute Gasteiger partial charge is 0.358 e. The second-order valence-electron chi connectivity index (χ2n) is 4.96. The molecule has 1 aromatic heterocycles. The van der Waals surface area contributed by atoms with Gasteiger partial charge in [0.25, 0.3) is 5.91 Å². The Balaban J connectivity index is 1.98. The molecule has 108 valence electrons. The molecule has 0 fully saturated rings. The van der Waals surface area contributed by atoms with E-state index in [2.05, 4.69) is 10.3 Å². The molecule has 0 aliphatic heterocycles. The molecule has 0 radical (unpaired) electrons. The van der Waals surface area contributed by atoms with Crippen molar-refractivity contribution in [3.63, 3.8) is 0 Å². The molecule has 0 unspecified atom stereocenters. The fourth-order valence-corrected chi connectivity index (χ4v) is 2.46. The maximum absolute atomic E-state index is 13.3. The number of halogens is 1. The summed E-state index contributed by atoms with van der Waals surface area (Å²) in [6.45, 7) is 1.76. The number of H-pyrrole nitrogens is 1. The first kappa shape index (κ1) is 13.8. The van der Waals surface area contributed by atoms with E-state index in [1.54, 1.807) is 37.3 Å². The average molecular weight is 293 g/mol. The molecule has 22 heavy (non-hydrogen) atoms. The summed E-state index contributed by atoms with van der Waals surface area (Å²) < 4.78 is 13.3. The summed E-state index contributed by atoms with van der Waals surface area (Å²) in [6, 6.07) is 13.0. The quantitative estimate of drug-likeness (QED) is 0.755. The number of nitrogens with zero attached hydrogens (tertiary/aromatic N) is 1. The number of benzene rings is 2. The lowest BCUT2D eigenvalue weighted by molar-refractivity contribution is 0.102. The number of hydrogen-bond acceptors (Lipinski definition) is 2. The van der Waals surface area contributed by atoms with E-state index < -0.39 is 0 Å². The summed E-state index contributed by atoms with van der Waals surface area (Å²) in [6.07, 6.45) is 0. The topological polar surface area (TPSA) is 68.7 Å². The van der Waals surface area contributed by atoms with Gasteiger partial charge in [-0.25, -0.2) is 4.39 Å². The van der Waals surface area contributed by atoms with Crippen LogP contribution in [0.2, 0.25) is 0 Å². The van der Waals surface area contributed by atoms with Crippen molar-refractivity contribution >= 4 is 22.5 Å². The zero-order valence-corrected chi connectivity index (χ0v) is 11.8. The third-order valence-electron chi connectivity index (χ3n) is 3.42. The number of amides is 1. The summed E-state index contributed by atoms with van der Waals surface area (Å²) in [5.41, 5.74) is 2.72. The van der Waals surface area contributed by atoms with Gasteiger partial charge in [0.05, 0.1) is 17.2 Å². The molecule has 3 aromatic rings. The van der Waals surface area contributed by atoms with Gasteiger partial charge in [0.15, 0.2) is 0 Å². The smallest absolute Gasteiger partial charge is 0.258 e. The predicted octanol–water partition coefficient (Wildman–Crippen LogP) is 3.74. The van der Waals surface area contributed by atoms with Crippen LogP contribution >= 0.6 is 0 Å². The lowest BCUT2D eigenvalue weighted by Crippen LogP contribution is -2.12. The molecule has 1 heterocycles. The Morgan fingerprint density at radius 1 is 1.27 bits per heavy atom. The third-order valence-corrected chi connectivity index (χ3v) is 3.42. The van der Waals surface area contributed by atoms with Crippen molar-refractivity contribution in [2.45, 2.75) is 6.92 Å².